The van der Waals surface area contributed by atoms with Gasteiger partial charge in [-0.3, -0.25) is 0 Å². The third-order valence-electron chi connectivity index (χ3n) is 3.97. The van der Waals surface area contributed by atoms with Crippen LogP contribution in [-0.4, -0.2) is 4.98 Å². The summed E-state index contributed by atoms with van der Waals surface area (Å²) in [5.41, 5.74) is 6.95. The Morgan fingerprint density at radius 2 is 1.86 bits per heavy atom. The molecule has 0 spiro atoms. The summed E-state index contributed by atoms with van der Waals surface area (Å²) in [6.07, 6.45) is 1.46. The predicted molar refractivity (Wildman–Crippen MR) is 87.2 cm³/mol. The molecule has 0 aliphatic heterocycles. The van der Waals surface area contributed by atoms with E-state index in [-0.39, 0.29) is 0 Å². The van der Waals surface area contributed by atoms with Crippen molar-refractivity contribution >= 4 is 10.9 Å². The number of nitriles is 1. The standard InChI is InChI=1S/C19H18N2/c1-3-14-5-7-15(8-6-14)19-16(10-11-20)17-12-13(2)4-9-18(17)21-19/h4-9,12,21H,3,10H2,1-2H3. The summed E-state index contributed by atoms with van der Waals surface area (Å²) in [6, 6.07) is 17.2. The van der Waals surface area contributed by atoms with Crippen LogP contribution in [0.25, 0.3) is 22.2 Å². The van der Waals surface area contributed by atoms with Crippen molar-refractivity contribution < 1.29 is 0 Å². The Hall–Kier alpha value is -2.53. The van der Waals surface area contributed by atoms with Gasteiger partial charge in [0.2, 0.25) is 0 Å². The zero-order valence-electron chi connectivity index (χ0n) is 12.4. The number of aromatic nitrogens is 1. The van der Waals surface area contributed by atoms with Gasteiger partial charge in [-0.05, 0) is 42.2 Å². The first-order chi connectivity index (χ1) is 10.2. The number of benzene rings is 2. The quantitative estimate of drug-likeness (QED) is 0.734. The van der Waals surface area contributed by atoms with Crippen LogP contribution in [-0.2, 0) is 12.8 Å². The molecule has 0 aliphatic carbocycles. The van der Waals surface area contributed by atoms with Gasteiger partial charge in [-0.15, -0.1) is 0 Å². The predicted octanol–water partition coefficient (Wildman–Crippen LogP) is 4.77. The lowest BCUT2D eigenvalue weighted by Gasteiger charge is -2.03. The number of aryl methyl sites for hydroxylation is 2. The second-order valence-electron chi connectivity index (χ2n) is 5.41. The molecule has 104 valence electrons. The highest BCUT2D eigenvalue weighted by molar-refractivity contribution is 5.91. The topological polar surface area (TPSA) is 39.6 Å². The van der Waals surface area contributed by atoms with Crippen LogP contribution in [0.2, 0.25) is 0 Å². The normalized spacial score (nSPS) is 10.7. The molecule has 2 aromatic carbocycles. The van der Waals surface area contributed by atoms with E-state index < -0.39 is 0 Å². The Bertz CT molecular complexity index is 817. The lowest BCUT2D eigenvalue weighted by atomic mass is 10.0. The molecular weight excluding hydrogens is 256 g/mol. The number of nitrogens with zero attached hydrogens (tertiary/aromatic N) is 1. The van der Waals surface area contributed by atoms with E-state index in [9.17, 15) is 0 Å². The Morgan fingerprint density at radius 3 is 2.52 bits per heavy atom. The molecule has 1 heterocycles. The van der Waals surface area contributed by atoms with Crippen LogP contribution < -0.4 is 0 Å². The van der Waals surface area contributed by atoms with Gasteiger partial charge < -0.3 is 4.98 Å². The van der Waals surface area contributed by atoms with Gasteiger partial charge >= 0.3 is 0 Å². The van der Waals surface area contributed by atoms with E-state index in [1.807, 2.05) is 0 Å². The van der Waals surface area contributed by atoms with Crippen molar-refractivity contribution in [3.05, 3.63) is 59.2 Å². The average Bonchev–Trinajstić information content (AvgIpc) is 2.86. The summed E-state index contributed by atoms with van der Waals surface area (Å²) < 4.78 is 0. The third-order valence-corrected chi connectivity index (χ3v) is 3.97. The SMILES string of the molecule is CCc1ccc(-c2[nH]c3ccc(C)cc3c2CC#N)cc1. The highest BCUT2D eigenvalue weighted by Gasteiger charge is 2.13. The maximum Gasteiger partial charge on any atom is 0.0670 e. The van der Waals surface area contributed by atoms with Crippen LogP contribution in [0.15, 0.2) is 42.5 Å². The number of rotatable bonds is 3. The van der Waals surface area contributed by atoms with Crippen LogP contribution in [0.5, 0.6) is 0 Å². The Balaban J connectivity index is 2.20. The van der Waals surface area contributed by atoms with Crippen molar-refractivity contribution in [3.63, 3.8) is 0 Å². The number of hydrogen-bond acceptors (Lipinski definition) is 1. The first-order valence-electron chi connectivity index (χ1n) is 7.30. The maximum absolute atomic E-state index is 9.16. The molecule has 0 saturated heterocycles. The molecule has 0 bridgehead atoms. The van der Waals surface area contributed by atoms with E-state index >= 15 is 0 Å². The minimum absolute atomic E-state index is 0.425. The lowest BCUT2D eigenvalue weighted by molar-refractivity contribution is 1.14. The Labute approximate surface area is 125 Å². The minimum Gasteiger partial charge on any atom is -0.354 e. The fourth-order valence-electron chi connectivity index (χ4n) is 2.78. The van der Waals surface area contributed by atoms with Crippen LogP contribution in [0.3, 0.4) is 0 Å². The molecule has 0 amide bonds. The Kier molecular flexibility index (Phi) is 3.50. The monoisotopic (exact) mass is 274 g/mol. The molecule has 0 saturated carbocycles. The third kappa shape index (κ3) is 2.43. The van der Waals surface area contributed by atoms with Crippen LogP contribution in [0, 0.1) is 18.3 Å². The van der Waals surface area contributed by atoms with Crippen molar-refractivity contribution in [1.82, 2.24) is 4.98 Å². The molecule has 1 aromatic heterocycles. The largest absolute Gasteiger partial charge is 0.354 e. The summed E-state index contributed by atoms with van der Waals surface area (Å²) in [5.74, 6) is 0. The number of H-pyrrole nitrogens is 1. The summed E-state index contributed by atoms with van der Waals surface area (Å²) in [6.45, 7) is 4.24. The number of fused-ring (bicyclic) bond motifs is 1. The van der Waals surface area contributed by atoms with Crippen molar-refractivity contribution in [3.8, 4) is 17.3 Å². The van der Waals surface area contributed by atoms with E-state index in [2.05, 4.69) is 67.4 Å². The van der Waals surface area contributed by atoms with Gasteiger partial charge in [0.1, 0.15) is 0 Å². The van der Waals surface area contributed by atoms with Gasteiger partial charge in [-0.2, -0.15) is 5.26 Å². The van der Waals surface area contributed by atoms with Gasteiger partial charge in [-0.1, -0.05) is 42.8 Å². The van der Waals surface area contributed by atoms with Crippen molar-refractivity contribution in [2.45, 2.75) is 26.7 Å². The molecule has 1 N–H and O–H groups in total. The molecule has 3 rings (SSSR count). The minimum atomic E-state index is 0.425. The van der Waals surface area contributed by atoms with E-state index in [1.165, 1.54) is 11.1 Å². The molecule has 2 heteroatoms. The first-order valence-corrected chi connectivity index (χ1v) is 7.30. The summed E-state index contributed by atoms with van der Waals surface area (Å²) in [4.78, 5) is 3.48. The number of nitrogens with one attached hydrogen (secondary N) is 1. The van der Waals surface area contributed by atoms with E-state index in [4.69, 9.17) is 5.26 Å². The molecule has 2 nitrogen and oxygen atoms in total. The molecular formula is C19H18N2. The first kappa shape index (κ1) is 13.5. The summed E-state index contributed by atoms with van der Waals surface area (Å²) >= 11 is 0. The van der Waals surface area contributed by atoms with Gasteiger partial charge in [-0.25, -0.2) is 0 Å². The molecule has 0 fully saturated rings. The van der Waals surface area contributed by atoms with Crippen molar-refractivity contribution in [2.24, 2.45) is 0 Å². The average molecular weight is 274 g/mol. The highest BCUT2D eigenvalue weighted by atomic mass is 14.7. The lowest BCUT2D eigenvalue weighted by Crippen LogP contribution is -1.87. The van der Waals surface area contributed by atoms with Crippen LogP contribution >= 0.6 is 0 Å². The van der Waals surface area contributed by atoms with Crippen LogP contribution in [0.4, 0.5) is 0 Å². The van der Waals surface area contributed by atoms with Crippen LogP contribution in [0.1, 0.15) is 23.6 Å². The summed E-state index contributed by atoms with van der Waals surface area (Å²) in [5, 5.41) is 10.3. The number of aromatic amines is 1. The number of hydrogen-bond donors (Lipinski definition) is 1. The molecule has 21 heavy (non-hydrogen) atoms. The molecule has 0 unspecified atom stereocenters. The van der Waals surface area contributed by atoms with Gasteiger partial charge in [0, 0.05) is 10.9 Å². The zero-order chi connectivity index (χ0) is 14.8. The fraction of sp³-hybridized carbons (Fsp3) is 0.211. The van der Waals surface area contributed by atoms with Crippen molar-refractivity contribution in [1.29, 1.82) is 5.26 Å². The van der Waals surface area contributed by atoms with Gasteiger partial charge in [0.05, 0.1) is 18.2 Å². The molecule has 3 aromatic rings. The van der Waals surface area contributed by atoms with E-state index in [0.717, 1.165) is 34.1 Å². The Morgan fingerprint density at radius 1 is 1.10 bits per heavy atom. The highest BCUT2D eigenvalue weighted by Crippen LogP contribution is 2.31. The van der Waals surface area contributed by atoms with Crippen molar-refractivity contribution in [2.75, 3.05) is 0 Å². The maximum atomic E-state index is 9.16. The second-order valence-corrected chi connectivity index (χ2v) is 5.41. The second kappa shape index (κ2) is 5.46. The fourth-order valence-corrected chi connectivity index (χ4v) is 2.78. The van der Waals surface area contributed by atoms with Gasteiger partial charge in [0.25, 0.3) is 0 Å². The molecule has 0 aliphatic rings. The smallest absolute Gasteiger partial charge is 0.0670 e. The molecule has 0 atom stereocenters. The van der Waals surface area contributed by atoms with E-state index in [0.29, 0.717) is 6.42 Å². The molecule has 0 radical (unpaired) electrons. The zero-order valence-corrected chi connectivity index (χ0v) is 12.4. The van der Waals surface area contributed by atoms with Gasteiger partial charge in [0.15, 0.2) is 0 Å². The summed E-state index contributed by atoms with van der Waals surface area (Å²) in [7, 11) is 0. The van der Waals surface area contributed by atoms with E-state index in [1.54, 1.807) is 0 Å².